The van der Waals surface area contributed by atoms with E-state index in [4.69, 9.17) is 21.2 Å². The van der Waals surface area contributed by atoms with E-state index in [1.54, 1.807) is 19.2 Å². The molecule has 0 aromatic heterocycles. The molecule has 0 radical (unpaired) electrons. The van der Waals surface area contributed by atoms with E-state index in [1.165, 1.54) is 7.11 Å². The van der Waals surface area contributed by atoms with Gasteiger partial charge in [0.05, 0.1) is 18.6 Å². The Balaban J connectivity index is 2.05. The molecule has 2 rings (SSSR count). The summed E-state index contributed by atoms with van der Waals surface area (Å²) >= 11 is 5.89. The first-order chi connectivity index (χ1) is 11.1. The average Bonchev–Trinajstić information content (AvgIpc) is 2.56. The summed E-state index contributed by atoms with van der Waals surface area (Å²) in [6.07, 6.45) is 0. The number of rotatable bonds is 7. The molecule has 0 heterocycles. The minimum absolute atomic E-state index is 0.307. The van der Waals surface area contributed by atoms with E-state index < -0.39 is 10.8 Å². The predicted molar refractivity (Wildman–Crippen MR) is 94.7 cm³/mol. The van der Waals surface area contributed by atoms with Crippen LogP contribution in [0.1, 0.15) is 11.1 Å². The standard InChI is InChI=1S/C17H18ClNO3S/c1-21-16-9-3-13(4-10-16)11-23(20)12-17(19-22-2)14-5-7-15(18)8-6-14/h3-10H,11-12H2,1-2H3/t23-/m0/s1. The molecule has 0 aliphatic carbocycles. The van der Waals surface area contributed by atoms with Crippen molar-refractivity contribution in [1.82, 2.24) is 0 Å². The summed E-state index contributed by atoms with van der Waals surface area (Å²) in [5, 5.41) is 4.64. The minimum Gasteiger partial charge on any atom is -0.497 e. The predicted octanol–water partition coefficient (Wildman–Crippen LogP) is 3.65. The van der Waals surface area contributed by atoms with Crippen LogP contribution in [0.4, 0.5) is 0 Å². The molecule has 0 unspecified atom stereocenters. The number of ether oxygens (including phenoxy) is 1. The van der Waals surface area contributed by atoms with Crippen molar-refractivity contribution >= 4 is 28.1 Å². The third kappa shape index (κ3) is 5.37. The molecular formula is C17H18ClNO3S. The number of hydrogen-bond donors (Lipinski definition) is 0. The smallest absolute Gasteiger partial charge is 0.118 e. The zero-order valence-corrected chi connectivity index (χ0v) is 14.6. The fraction of sp³-hybridized carbons (Fsp3) is 0.235. The molecule has 0 aliphatic heterocycles. The summed E-state index contributed by atoms with van der Waals surface area (Å²) in [4.78, 5) is 4.87. The van der Waals surface area contributed by atoms with E-state index in [2.05, 4.69) is 5.16 Å². The first-order valence-electron chi connectivity index (χ1n) is 6.96. The second kappa shape index (κ2) is 8.70. The van der Waals surface area contributed by atoms with Gasteiger partial charge in [-0.3, -0.25) is 4.21 Å². The molecule has 0 bridgehead atoms. The third-order valence-corrected chi connectivity index (χ3v) is 4.67. The number of nitrogens with zero attached hydrogens (tertiary/aromatic N) is 1. The van der Waals surface area contributed by atoms with Crippen LogP contribution in [0.15, 0.2) is 53.7 Å². The number of hydrogen-bond acceptors (Lipinski definition) is 4. The number of benzene rings is 2. The van der Waals surface area contributed by atoms with Crippen LogP contribution >= 0.6 is 11.6 Å². The summed E-state index contributed by atoms with van der Waals surface area (Å²) < 4.78 is 17.5. The molecule has 1 atom stereocenters. The maximum Gasteiger partial charge on any atom is 0.118 e. The van der Waals surface area contributed by atoms with Gasteiger partial charge in [0.15, 0.2) is 0 Å². The summed E-state index contributed by atoms with van der Waals surface area (Å²) in [5.41, 5.74) is 2.47. The summed E-state index contributed by atoms with van der Waals surface area (Å²) in [7, 11) is 1.99. The normalized spacial score (nSPS) is 12.7. The van der Waals surface area contributed by atoms with Crippen LogP contribution in [0.2, 0.25) is 5.02 Å². The van der Waals surface area contributed by atoms with Crippen molar-refractivity contribution in [3.63, 3.8) is 0 Å². The Morgan fingerprint density at radius 3 is 2.30 bits per heavy atom. The second-order valence-corrected chi connectivity index (χ2v) is 6.70. The van der Waals surface area contributed by atoms with Crippen molar-refractivity contribution in [2.75, 3.05) is 20.0 Å². The fourth-order valence-corrected chi connectivity index (χ4v) is 3.34. The van der Waals surface area contributed by atoms with Gasteiger partial charge in [-0.2, -0.15) is 0 Å². The SMILES string of the molecule is CON=C(C[S@@](=O)Cc1ccc(OC)cc1)c1ccc(Cl)cc1. The molecule has 0 amide bonds. The molecule has 23 heavy (non-hydrogen) atoms. The van der Waals surface area contributed by atoms with Crippen LogP contribution in [0.3, 0.4) is 0 Å². The summed E-state index contributed by atoms with van der Waals surface area (Å²) in [6, 6.07) is 14.8. The van der Waals surface area contributed by atoms with Gasteiger partial charge in [-0.05, 0) is 29.8 Å². The molecule has 0 N–H and O–H groups in total. The first kappa shape index (κ1) is 17.5. The molecule has 2 aromatic carbocycles. The number of oxime groups is 1. The van der Waals surface area contributed by atoms with Crippen LogP contribution in [0.5, 0.6) is 5.75 Å². The van der Waals surface area contributed by atoms with Gasteiger partial charge in [-0.15, -0.1) is 0 Å². The quantitative estimate of drug-likeness (QED) is 0.565. The van der Waals surface area contributed by atoms with Gasteiger partial charge in [0, 0.05) is 27.1 Å². The van der Waals surface area contributed by atoms with Gasteiger partial charge in [-0.25, -0.2) is 0 Å². The molecule has 0 spiro atoms. The summed E-state index contributed by atoms with van der Waals surface area (Å²) in [6.45, 7) is 0. The van der Waals surface area contributed by atoms with Crippen molar-refractivity contribution in [3.8, 4) is 5.75 Å². The molecule has 4 nitrogen and oxygen atoms in total. The zero-order valence-electron chi connectivity index (χ0n) is 13.0. The number of methoxy groups -OCH3 is 1. The van der Waals surface area contributed by atoms with Crippen LogP contribution in [-0.4, -0.2) is 29.9 Å². The van der Waals surface area contributed by atoms with E-state index in [0.29, 0.717) is 22.2 Å². The van der Waals surface area contributed by atoms with Gasteiger partial charge in [0.1, 0.15) is 12.9 Å². The van der Waals surface area contributed by atoms with Crippen molar-refractivity contribution in [1.29, 1.82) is 0 Å². The van der Waals surface area contributed by atoms with Crippen LogP contribution in [-0.2, 0) is 21.4 Å². The van der Waals surface area contributed by atoms with Crippen LogP contribution < -0.4 is 4.74 Å². The summed E-state index contributed by atoms with van der Waals surface area (Å²) in [5.74, 6) is 1.53. The molecule has 122 valence electrons. The largest absolute Gasteiger partial charge is 0.497 e. The first-order valence-corrected chi connectivity index (χ1v) is 8.83. The average molecular weight is 352 g/mol. The lowest BCUT2D eigenvalue weighted by Gasteiger charge is -2.07. The van der Waals surface area contributed by atoms with E-state index in [0.717, 1.165) is 16.9 Å². The van der Waals surface area contributed by atoms with Crippen molar-refractivity contribution < 1.29 is 13.8 Å². The number of halogens is 1. The van der Waals surface area contributed by atoms with Gasteiger partial charge in [0.2, 0.25) is 0 Å². The Bertz CT molecular complexity index is 684. The molecule has 2 aromatic rings. The van der Waals surface area contributed by atoms with Crippen molar-refractivity contribution in [2.45, 2.75) is 5.75 Å². The molecular weight excluding hydrogens is 334 g/mol. The van der Waals surface area contributed by atoms with Gasteiger partial charge < -0.3 is 9.57 Å². The topological polar surface area (TPSA) is 47.9 Å². The lowest BCUT2D eigenvalue weighted by molar-refractivity contribution is 0.213. The minimum atomic E-state index is -1.10. The molecule has 0 saturated carbocycles. The third-order valence-electron chi connectivity index (χ3n) is 3.16. The molecule has 0 saturated heterocycles. The Morgan fingerprint density at radius 1 is 1.09 bits per heavy atom. The van der Waals surface area contributed by atoms with E-state index in [1.807, 2.05) is 36.4 Å². The lowest BCUT2D eigenvalue weighted by Crippen LogP contribution is -2.14. The second-order valence-electron chi connectivity index (χ2n) is 4.80. The van der Waals surface area contributed by atoms with E-state index in [9.17, 15) is 4.21 Å². The van der Waals surface area contributed by atoms with Crippen LogP contribution in [0.25, 0.3) is 0 Å². The highest BCUT2D eigenvalue weighted by molar-refractivity contribution is 7.85. The van der Waals surface area contributed by atoms with Crippen molar-refractivity contribution in [3.05, 3.63) is 64.7 Å². The highest BCUT2D eigenvalue weighted by atomic mass is 35.5. The molecule has 6 heteroatoms. The molecule has 0 aliphatic rings. The van der Waals surface area contributed by atoms with E-state index in [-0.39, 0.29) is 0 Å². The highest BCUT2D eigenvalue weighted by Gasteiger charge is 2.11. The van der Waals surface area contributed by atoms with E-state index >= 15 is 0 Å². The van der Waals surface area contributed by atoms with Gasteiger partial charge in [-0.1, -0.05) is 41.0 Å². The monoisotopic (exact) mass is 351 g/mol. The maximum absolute atomic E-state index is 12.4. The Labute approximate surface area is 143 Å². The maximum atomic E-state index is 12.4. The van der Waals surface area contributed by atoms with Gasteiger partial charge in [0.25, 0.3) is 0 Å². The van der Waals surface area contributed by atoms with Crippen LogP contribution in [0, 0.1) is 0 Å². The Hall–Kier alpha value is -1.85. The fourth-order valence-electron chi connectivity index (χ4n) is 2.03. The molecule has 0 fully saturated rings. The van der Waals surface area contributed by atoms with Gasteiger partial charge >= 0.3 is 0 Å². The Morgan fingerprint density at radius 2 is 1.74 bits per heavy atom. The van der Waals surface area contributed by atoms with Crippen molar-refractivity contribution in [2.24, 2.45) is 5.16 Å². The zero-order chi connectivity index (χ0) is 16.7. The Kier molecular flexibility index (Phi) is 6.62. The lowest BCUT2D eigenvalue weighted by atomic mass is 10.1. The highest BCUT2D eigenvalue weighted by Crippen LogP contribution is 2.14.